The Labute approximate surface area is 370 Å². The highest BCUT2D eigenvalue weighted by molar-refractivity contribution is 5.73. The lowest BCUT2D eigenvalue weighted by Crippen LogP contribution is -2.48. The fraction of sp³-hybridized carbons (Fsp3) is 0.918. The predicted octanol–water partition coefficient (Wildman–Crippen LogP) is 11.1. The first-order chi connectivity index (χ1) is 27.4. The molecule has 0 aromatic heterocycles. The molecule has 0 bridgehead atoms. The average molecular weight is 865 g/mol. The molecule has 354 valence electrons. The molecule has 4 aliphatic rings. The molecule has 2 amide bonds. The molecule has 4 rings (SSSR count). The van der Waals surface area contributed by atoms with Gasteiger partial charge in [0.05, 0.1) is 41.3 Å². The molecular formula is C49H88N2O10. The number of carboxylic acid groups (broad SMARTS) is 1. The Kier molecular flexibility index (Phi) is 16.3. The van der Waals surface area contributed by atoms with Crippen LogP contribution in [-0.2, 0) is 33.3 Å². The number of aliphatic carboxylic acids is 1. The summed E-state index contributed by atoms with van der Waals surface area (Å²) in [4.78, 5) is 54.0. The first kappa shape index (κ1) is 52.7. The number of hydrogen-bond donors (Lipinski definition) is 1. The zero-order valence-corrected chi connectivity index (χ0v) is 42.0. The van der Waals surface area contributed by atoms with Crippen molar-refractivity contribution in [2.75, 3.05) is 20.2 Å². The molecule has 12 heteroatoms. The minimum atomic E-state index is -0.713. The van der Waals surface area contributed by atoms with Crippen molar-refractivity contribution in [1.82, 2.24) is 9.80 Å². The minimum Gasteiger partial charge on any atom is -0.481 e. The molecule has 4 aliphatic heterocycles. The van der Waals surface area contributed by atoms with Crippen molar-refractivity contribution in [3.05, 3.63) is 0 Å². The molecule has 0 radical (unpaired) electrons. The van der Waals surface area contributed by atoms with E-state index in [1.165, 1.54) is 7.11 Å². The van der Waals surface area contributed by atoms with Gasteiger partial charge in [0.1, 0.15) is 11.2 Å². The predicted molar refractivity (Wildman–Crippen MR) is 239 cm³/mol. The summed E-state index contributed by atoms with van der Waals surface area (Å²) in [7, 11) is 1.48. The number of carbonyl (C=O) groups is 4. The van der Waals surface area contributed by atoms with Crippen LogP contribution in [0.3, 0.4) is 0 Å². The lowest BCUT2D eigenvalue weighted by molar-refractivity contribution is -0.186. The van der Waals surface area contributed by atoms with Crippen LogP contribution in [0.25, 0.3) is 0 Å². The van der Waals surface area contributed by atoms with Gasteiger partial charge >= 0.3 is 24.1 Å². The molecule has 61 heavy (non-hydrogen) atoms. The maximum absolute atomic E-state index is 12.7. The number of esters is 1. The molecule has 12 nitrogen and oxygen atoms in total. The van der Waals surface area contributed by atoms with E-state index in [1.807, 2.05) is 51.3 Å². The highest BCUT2D eigenvalue weighted by Gasteiger charge is 2.48. The summed E-state index contributed by atoms with van der Waals surface area (Å²) in [6.45, 7) is 37.5. The van der Waals surface area contributed by atoms with Gasteiger partial charge in [0.15, 0.2) is 0 Å². The molecule has 0 saturated carbocycles. The Morgan fingerprint density at radius 3 is 1.18 bits per heavy atom. The van der Waals surface area contributed by atoms with Crippen LogP contribution >= 0.6 is 0 Å². The summed E-state index contributed by atoms with van der Waals surface area (Å²) in [5, 5.41) is 9.98. The second-order valence-corrected chi connectivity index (χ2v) is 24.8. The van der Waals surface area contributed by atoms with Gasteiger partial charge in [-0.05, 0) is 213 Å². The third-order valence-corrected chi connectivity index (χ3v) is 13.0. The van der Waals surface area contributed by atoms with Gasteiger partial charge in [0, 0.05) is 24.2 Å². The van der Waals surface area contributed by atoms with Gasteiger partial charge in [-0.1, -0.05) is 0 Å². The van der Waals surface area contributed by atoms with Crippen molar-refractivity contribution >= 4 is 24.1 Å². The monoisotopic (exact) mass is 865 g/mol. The van der Waals surface area contributed by atoms with E-state index in [9.17, 15) is 24.3 Å². The van der Waals surface area contributed by atoms with E-state index in [0.717, 1.165) is 57.8 Å². The first-order valence-corrected chi connectivity index (χ1v) is 23.1. The third-order valence-electron chi connectivity index (χ3n) is 13.0. The van der Waals surface area contributed by atoms with Gasteiger partial charge in [0.25, 0.3) is 0 Å². The van der Waals surface area contributed by atoms with E-state index in [-0.39, 0.29) is 81.2 Å². The number of nitrogens with zero attached hydrogens (tertiary/aromatic N) is 2. The maximum Gasteiger partial charge on any atom is 0.410 e. The summed E-state index contributed by atoms with van der Waals surface area (Å²) in [5.74, 6) is -0.419. The zero-order chi connectivity index (χ0) is 46.9. The fourth-order valence-electron chi connectivity index (χ4n) is 11.4. The molecule has 4 heterocycles. The van der Waals surface area contributed by atoms with Gasteiger partial charge in [-0.2, -0.15) is 0 Å². The summed E-state index contributed by atoms with van der Waals surface area (Å²) in [6.07, 6.45) is 7.54. The molecule has 0 aliphatic carbocycles. The second-order valence-electron chi connectivity index (χ2n) is 24.8. The molecule has 4 fully saturated rings. The minimum absolute atomic E-state index is 0.0950. The van der Waals surface area contributed by atoms with Crippen molar-refractivity contribution < 1.29 is 48.0 Å². The van der Waals surface area contributed by atoms with Crippen LogP contribution < -0.4 is 0 Å². The number of hydrogen-bond acceptors (Lipinski definition) is 9. The van der Waals surface area contributed by atoms with Gasteiger partial charge in [-0.25, -0.2) is 9.59 Å². The number of likely N-dealkylation sites (tertiary alicyclic amines) is 2. The van der Waals surface area contributed by atoms with E-state index < -0.39 is 17.2 Å². The Morgan fingerprint density at radius 1 is 0.574 bits per heavy atom. The van der Waals surface area contributed by atoms with Crippen LogP contribution in [-0.4, -0.2) is 104 Å². The van der Waals surface area contributed by atoms with Crippen LogP contribution in [0.1, 0.15) is 189 Å². The fourth-order valence-corrected chi connectivity index (χ4v) is 11.4. The lowest BCUT2D eigenvalue weighted by atomic mass is 9.72. The zero-order valence-electron chi connectivity index (χ0n) is 42.0. The quantitative estimate of drug-likeness (QED) is 0.167. The molecule has 4 atom stereocenters. The standard InChI is InChI=1S/C25H45NO5.C24H43NO5/c1-22(2,3)30-21(28)26-16-17(13-23(26,4)5)11-12-19(20(27)29-10)18-14-24(6,7)31-25(8,9)15-18;1-21(2,3)29-20(28)25-15-16(12-22(25,4)5)10-11-18(19(26)27)17-13-23(6,7)30-24(8,9)14-17/h17-19H,11-16H2,1-10H3;16-18H,10-15H2,1-9H3,(H,26,27)/t17-,19?;16-,18?/m00/s1. The van der Waals surface area contributed by atoms with Gasteiger partial charge in [-0.15, -0.1) is 0 Å². The van der Waals surface area contributed by atoms with Gasteiger partial charge in [-0.3, -0.25) is 9.59 Å². The Balaban J connectivity index is 0.000000325. The van der Waals surface area contributed by atoms with Gasteiger partial charge < -0.3 is 38.6 Å². The molecule has 0 aromatic carbocycles. The van der Waals surface area contributed by atoms with Gasteiger partial charge in [0.2, 0.25) is 0 Å². The molecule has 0 spiro atoms. The summed E-state index contributed by atoms with van der Waals surface area (Å²) < 4.78 is 28.8. The molecule has 1 N–H and O–H groups in total. The molecule has 4 saturated heterocycles. The highest BCUT2D eigenvalue weighted by atomic mass is 16.6. The topological polar surface area (TPSA) is 141 Å². The van der Waals surface area contributed by atoms with Crippen LogP contribution in [0, 0.1) is 35.5 Å². The number of ether oxygens (including phenoxy) is 5. The Hall–Kier alpha value is -2.60. The van der Waals surface area contributed by atoms with Crippen LogP contribution in [0.2, 0.25) is 0 Å². The first-order valence-electron chi connectivity index (χ1n) is 23.1. The second kappa shape index (κ2) is 18.9. The van der Waals surface area contributed by atoms with Crippen molar-refractivity contribution in [2.45, 2.75) is 234 Å². The molecular weight excluding hydrogens is 777 g/mol. The van der Waals surface area contributed by atoms with Crippen molar-refractivity contribution in [3.63, 3.8) is 0 Å². The molecule has 0 aromatic rings. The number of methoxy groups -OCH3 is 1. The van der Waals surface area contributed by atoms with Crippen LogP contribution in [0.5, 0.6) is 0 Å². The van der Waals surface area contributed by atoms with E-state index in [2.05, 4.69) is 83.1 Å². The Morgan fingerprint density at radius 2 is 0.885 bits per heavy atom. The number of amides is 2. The maximum atomic E-state index is 12.7. The number of carbonyl (C=O) groups excluding carboxylic acids is 3. The van der Waals surface area contributed by atoms with E-state index >= 15 is 0 Å². The molecule has 2 unspecified atom stereocenters. The summed E-state index contributed by atoms with van der Waals surface area (Å²) >= 11 is 0. The van der Waals surface area contributed by atoms with E-state index in [1.54, 1.807) is 0 Å². The number of carboxylic acids is 1. The SMILES string of the molecule is CC(C)(C)OC(=O)N1C[C@@H](CCC(C(=O)O)C2CC(C)(C)OC(C)(C)C2)CC1(C)C.COC(=O)C(CC[C@@H]1CN(C(=O)OC(C)(C)C)C(C)(C)C1)C1CC(C)(C)OC(C)(C)C1. The van der Waals surface area contributed by atoms with Crippen molar-refractivity contribution in [2.24, 2.45) is 35.5 Å². The van der Waals surface area contributed by atoms with E-state index in [4.69, 9.17) is 23.7 Å². The average Bonchev–Trinajstić information content (AvgIpc) is 3.49. The normalized spacial score (nSPS) is 26.7. The van der Waals surface area contributed by atoms with Crippen molar-refractivity contribution in [3.8, 4) is 0 Å². The van der Waals surface area contributed by atoms with E-state index in [0.29, 0.717) is 25.4 Å². The Bertz CT molecular complexity index is 1500. The highest BCUT2D eigenvalue weighted by Crippen LogP contribution is 2.46. The van der Waals surface area contributed by atoms with Crippen LogP contribution in [0.4, 0.5) is 9.59 Å². The lowest BCUT2D eigenvalue weighted by Gasteiger charge is -2.47. The smallest absolute Gasteiger partial charge is 0.410 e. The summed E-state index contributed by atoms with van der Waals surface area (Å²) in [6, 6.07) is 0. The van der Waals surface area contributed by atoms with Crippen LogP contribution in [0.15, 0.2) is 0 Å². The number of rotatable bonds is 10. The third kappa shape index (κ3) is 15.9. The summed E-state index contributed by atoms with van der Waals surface area (Å²) in [5.41, 5.74) is -2.73. The van der Waals surface area contributed by atoms with Crippen molar-refractivity contribution in [1.29, 1.82) is 0 Å². The largest absolute Gasteiger partial charge is 0.481 e.